The van der Waals surface area contributed by atoms with E-state index in [1.807, 2.05) is 0 Å². The first-order valence-corrected chi connectivity index (χ1v) is 9.27. The lowest BCUT2D eigenvalue weighted by Gasteiger charge is -2.36. The summed E-state index contributed by atoms with van der Waals surface area (Å²) in [4.78, 5) is 27.0. The number of piperidine rings is 1. The third-order valence-corrected chi connectivity index (χ3v) is 5.54. The molecular weight excluding hydrogens is 321 g/mol. The number of amides is 1. The Morgan fingerprint density at radius 2 is 1.80 bits per heavy atom. The third-order valence-electron chi connectivity index (χ3n) is 5.54. The zero-order valence-electron chi connectivity index (χ0n) is 14.5. The Kier molecular flexibility index (Phi) is 5.52. The molecule has 1 aliphatic carbocycles. The van der Waals surface area contributed by atoms with Gasteiger partial charge in [-0.25, -0.2) is 4.39 Å². The first-order valence-electron chi connectivity index (χ1n) is 9.27. The minimum Gasteiger partial charge on any atom is -0.389 e. The summed E-state index contributed by atoms with van der Waals surface area (Å²) in [5.41, 5.74) is -0.380. The van der Waals surface area contributed by atoms with Gasteiger partial charge in [0.2, 0.25) is 5.91 Å². The van der Waals surface area contributed by atoms with Crippen LogP contribution in [-0.4, -0.2) is 40.4 Å². The highest BCUT2D eigenvalue weighted by Gasteiger charge is 2.35. The van der Waals surface area contributed by atoms with Crippen LogP contribution in [0.1, 0.15) is 61.7 Å². The summed E-state index contributed by atoms with van der Waals surface area (Å²) in [5.74, 6) is -0.697. The zero-order chi connectivity index (χ0) is 17.9. The second-order valence-electron chi connectivity index (χ2n) is 7.51. The number of aliphatic hydroxyl groups is 1. The standard InChI is InChI=1S/C20H26FNO3/c21-17-8-6-15(7-9-17)19(24)16-5-4-12-22(14-16)18(23)13-20(25)10-2-1-3-11-20/h6-9,16,25H,1-5,10-14H2. The minimum absolute atomic E-state index is 0.0334. The van der Waals surface area contributed by atoms with Crippen LogP contribution in [0.2, 0.25) is 0 Å². The first-order chi connectivity index (χ1) is 12.0. The second kappa shape index (κ2) is 7.65. The van der Waals surface area contributed by atoms with Crippen LogP contribution in [-0.2, 0) is 4.79 Å². The number of nitrogens with zero attached hydrogens (tertiary/aromatic N) is 1. The van der Waals surface area contributed by atoms with E-state index in [4.69, 9.17) is 0 Å². The van der Waals surface area contributed by atoms with E-state index in [2.05, 4.69) is 0 Å². The van der Waals surface area contributed by atoms with E-state index in [1.54, 1.807) is 4.90 Å². The van der Waals surface area contributed by atoms with Gasteiger partial charge in [-0.05, 0) is 49.9 Å². The Labute approximate surface area is 148 Å². The van der Waals surface area contributed by atoms with Crippen LogP contribution < -0.4 is 0 Å². The fourth-order valence-corrected chi connectivity index (χ4v) is 4.05. The van der Waals surface area contributed by atoms with E-state index in [9.17, 15) is 19.1 Å². The van der Waals surface area contributed by atoms with Crippen LogP contribution in [0.15, 0.2) is 24.3 Å². The molecule has 5 heteroatoms. The number of hydrogen-bond acceptors (Lipinski definition) is 3. The van der Waals surface area contributed by atoms with E-state index >= 15 is 0 Å². The maximum Gasteiger partial charge on any atom is 0.225 e. The Balaban J connectivity index is 1.61. The van der Waals surface area contributed by atoms with Crippen molar-refractivity contribution in [2.75, 3.05) is 13.1 Å². The molecule has 1 aliphatic heterocycles. The molecule has 0 aromatic heterocycles. The molecule has 2 aliphatic rings. The second-order valence-corrected chi connectivity index (χ2v) is 7.51. The third kappa shape index (κ3) is 4.46. The van der Waals surface area contributed by atoms with Gasteiger partial charge in [-0.3, -0.25) is 9.59 Å². The Morgan fingerprint density at radius 3 is 2.48 bits per heavy atom. The smallest absolute Gasteiger partial charge is 0.225 e. The van der Waals surface area contributed by atoms with Gasteiger partial charge >= 0.3 is 0 Å². The molecule has 1 amide bonds. The predicted molar refractivity (Wildman–Crippen MR) is 92.7 cm³/mol. The molecule has 2 fully saturated rings. The van der Waals surface area contributed by atoms with Crippen molar-refractivity contribution in [2.24, 2.45) is 5.92 Å². The molecule has 1 saturated carbocycles. The summed E-state index contributed by atoms with van der Waals surface area (Å²) in [6, 6.07) is 5.58. The number of ketones is 1. The van der Waals surface area contributed by atoms with Crippen LogP contribution in [0.25, 0.3) is 0 Å². The van der Waals surface area contributed by atoms with Crippen molar-refractivity contribution in [3.63, 3.8) is 0 Å². The molecule has 1 N–H and O–H groups in total. The van der Waals surface area contributed by atoms with Crippen LogP contribution in [0.3, 0.4) is 0 Å². The Morgan fingerprint density at radius 1 is 1.12 bits per heavy atom. The van der Waals surface area contributed by atoms with Crippen LogP contribution >= 0.6 is 0 Å². The van der Waals surface area contributed by atoms with E-state index in [-0.39, 0.29) is 29.8 Å². The molecule has 0 spiro atoms. The molecule has 1 unspecified atom stereocenters. The number of carbonyl (C=O) groups excluding carboxylic acids is 2. The Hall–Kier alpha value is -1.75. The van der Waals surface area contributed by atoms with Crippen molar-refractivity contribution >= 4 is 11.7 Å². The fourth-order valence-electron chi connectivity index (χ4n) is 4.05. The average molecular weight is 347 g/mol. The molecule has 1 aromatic rings. The van der Waals surface area contributed by atoms with Crippen molar-refractivity contribution in [2.45, 2.75) is 57.0 Å². The van der Waals surface area contributed by atoms with Crippen molar-refractivity contribution in [3.8, 4) is 0 Å². The Bertz CT molecular complexity index is 622. The normalized spacial score (nSPS) is 23.3. The highest BCUT2D eigenvalue weighted by atomic mass is 19.1. The zero-order valence-corrected chi connectivity index (χ0v) is 14.5. The molecule has 1 atom stereocenters. The number of benzene rings is 1. The maximum atomic E-state index is 13.0. The monoisotopic (exact) mass is 347 g/mol. The number of halogens is 1. The van der Waals surface area contributed by atoms with Gasteiger partial charge in [0.25, 0.3) is 0 Å². The van der Waals surface area contributed by atoms with Gasteiger partial charge in [-0.1, -0.05) is 19.3 Å². The number of likely N-dealkylation sites (tertiary alicyclic amines) is 1. The molecular formula is C20H26FNO3. The predicted octanol–water partition coefficient (Wildman–Crippen LogP) is 3.33. The van der Waals surface area contributed by atoms with Crippen LogP contribution in [0.5, 0.6) is 0 Å². The van der Waals surface area contributed by atoms with Crippen molar-refractivity contribution in [3.05, 3.63) is 35.6 Å². The highest BCUT2D eigenvalue weighted by molar-refractivity contribution is 5.98. The fraction of sp³-hybridized carbons (Fsp3) is 0.600. The van der Waals surface area contributed by atoms with Gasteiger partial charge in [-0.2, -0.15) is 0 Å². The number of Topliss-reactive ketones (excluding diaryl/α,β-unsaturated/α-hetero) is 1. The number of hydrogen-bond donors (Lipinski definition) is 1. The molecule has 3 rings (SSSR count). The molecule has 1 heterocycles. The largest absolute Gasteiger partial charge is 0.389 e. The summed E-state index contributed by atoms with van der Waals surface area (Å²) in [7, 11) is 0. The lowest BCUT2D eigenvalue weighted by molar-refractivity contribution is -0.139. The maximum absolute atomic E-state index is 13.0. The SMILES string of the molecule is O=C(c1ccc(F)cc1)C1CCCN(C(=O)CC2(O)CCCCC2)C1. The molecule has 25 heavy (non-hydrogen) atoms. The van der Waals surface area contributed by atoms with E-state index in [0.29, 0.717) is 31.5 Å². The van der Waals surface area contributed by atoms with Crippen LogP contribution in [0, 0.1) is 11.7 Å². The van der Waals surface area contributed by atoms with Crippen molar-refractivity contribution in [1.82, 2.24) is 4.90 Å². The molecule has 0 radical (unpaired) electrons. The van der Waals surface area contributed by atoms with Crippen molar-refractivity contribution in [1.29, 1.82) is 0 Å². The highest BCUT2D eigenvalue weighted by Crippen LogP contribution is 2.32. The van der Waals surface area contributed by atoms with E-state index < -0.39 is 5.60 Å². The lowest BCUT2D eigenvalue weighted by Crippen LogP contribution is -2.46. The summed E-state index contributed by atoms with van der Waals surface area (Å²) >= 11 is 0. The van der Waals surface area contributed by atoms with Gasteiger partial charge in [0, 0.05) is 24.6 Å². The summed E-state index contributed by atoms with van der Waals surface area (Å²) in [6.07, 6.45) is 6.10. The number of rotatable bonds is 4. The van der Waals surface area contributed by atoms with Gasteiger partial charge < -0.3 is 10.0 Å². The number of carbonyl (C=O) groups is 2. The summed E-state index contributed by atoms with van der Waals surface area (Å²) < 4.78 is 13.0. The first kappa shape index (κ1) is 18.1. The van der Waals surface area contributed by atoms with Gasteiger partial charge in [0.15, 0.2) is 5.78 Å². The van der Waals surface area contributed by atoms with E-state index in [1.165, 1.54) is 24.3 Å². The lowest BCUT2D eigenvalue weighted by atomic mass is 9.82. The average Bonchev–Trinajstić information content (AvgIpc) is 2.62. The molecule has 1 saturated heterocycles. The molecule has 4 nitrogen and oxygen atoms in total. The van der Waals surface area contributed by atoms with Crippen LogP contribution in [0.4, 0.5) is 4.39 Å². The summed E-state index contributed by atoms with van der Waals surface area (Å²) in [5, 5.41) is 10.6. The molecule has 0 bridgehead atoms. The topological polar surface area (TPSA) is 57.6 Å². The van der Waals surface area contributed by atoms with Gasteiger partial charge in [-0.15, -0.1) is 0 Å². The minimum atomic E-state index is -0.872. The van der Waals surface area contributed by atoms with E-state index in [0.717, 1.165) is 32.1 Å². The quantitative estimate of drug-likeness (QED) is 0.850. The van der Waals surface area contributed by atoms with Gasteiger partial charge in [0.05, 0.1) is 12.0 Å². The molecule has 1 aromatic carbocycles. The summed E-state index contributed by atoms with van der Waals surface area (Å²) in [6.45, 7) is 1.03. The van der Waals surface area contributed by atoms with Gasteiger partial charge in [0.1, 0.15) is 5.82 Å². The van der Waals surface area contributed by atoms with Crippen molar-refractivity contribution < 1.29 is 19.1 Å². The molecule has 136 valence electrons.